The summed E-state index contributed by atoms with van der Waals surface area (Å²) < 4.78 is 127. The van der Waals surface area contributed by atoms with Crippen molar-refractivity contribution < 1.29 is 58.5 Å². The molecule has 15 heteroatoms. The van der Waals surface area contributed by atoms with Gasteiger partial charge in [-0.1, -0.05) is 0 Å². The molecule has 3 aromatic rings. The molecular weight excluding hydrogens is 515 g/mol. The van der Waals surface area contributed by atoms with Crippen molar-refractivity contribution in [2.24, 2.45) is 0 Å². The van der Waals surface area contributed by atoms with Crippen molar-refractivity contribution in [1.82, 2.24) is 0 Å². The number of alkyl halides is 8. The SMILES string of the molecule is O=C(Nc1ccc[n+]([O-])c1)c1c(Oc2ccc(OC(F)(F)F)cc2)ccc(C(F)(F)C(F)(F)F)c1F. The Bertz CT molecular complexity index is 1260. The molecule has 0 spiro atoms. The van der Waals surface area contributed by atoms with Crippen LogP contribution in [-0.2, 0) is 5.92 Å². The molecule has 0 saturated heterocycles. The van der Waals surface area contributed by atoms with Gasteiger partial charge in [-0.15, -0.1) is 13.2 Å². The van der Waals surface area contributed by atoms with Gasteiger partial charge in [-0.25, -0.2) is 4.39 Å². The molecule has 1 amide bonds. The quantitative estimate of drug-likeness (QED) is 0.241. The van der Waals surface area contributed by atoms with Gasteiger partial charge < -0.3 is 20.0 Å². The van der Waals surface area contributed by atoms with Crippen LogP contribution in [0.4, 0.5) is 45.2 Å². The van der Waals surface area contributed by atoms with Crippen LogP contribution in [0.5, 0.6) is 17.2 Å². The second kappa shape index (κ2) is 9.47. The Hall–Kier alpha value is -4.17. The fraction of sp³-hybridized carbons (Fsp3) is 0.143. The van der Waals surface area contributed by atoms with Gasteiger partial charge in [-0.2, -0.15) is 26.7 Å². The fourth-order valence-corrected chi connectivity index (χ4v) is 2.81. The molecule has 0 saturated carbocycles. The number of ether oxygens (including phenoxy) is 2. The van der Waals surface area contributed by atoms with Crippen LogP contribution in [0.15, 0.2) is 60.9 Å². The number of carbonyl (C=O) groups excluding carboxylic acids is 1. The van der Waals surface area contributed by atoms with Crippen LogP contribution in [0.1, 0.15) is 15.9 Å². The van der Waals surface area contributed by atoms with Crippen LogP contribution in [0.25, 0.3) is 0 Å². The van der Waals surface area contributed by atoms with E-state index in [4.69, 9.17) is 4.74 Å². The van der Waals surface area contributed by atoms with E-state index in [1.807, 2.05) is 5.32 Å². The first kappa shape index (κ1) is 26.4. The van der Waals surface area contributed by atoms with Gasteiger partial charge >= 0.3 is 18.5 Å². The molecule has 0 bridgehead atoms. The van der Waals surface area contributed by atoms with Crippen molar-refractivity contribution in [3.05, 3.63) is 83.1 Å². The van der Waals surface area contributed by atoms with Crippen LogP contribution >= 0.6 is 0 Å². The number of benzene rings is 2. The largest absolute Gasteiger partial charge is 0.619 e. The van der Waals surface area contributed by atoms with Crippen LogP contribution in [0.2, 0.25) is 0 Å². The number of hydrogen-bond acceptors (Lipinski definition) is 4. The first-order valence-electron chi connectivity index (χ1n) is 9.40. The van der Waals surface area contributed by atoms with E-state index in [0.29, 0.717) is 6.07 Å². The van der Waals surface area contributed by atoms with E-state index in [-0.39, 0.29) is 22.2 Å². The van der Waals surface area contributed by atoms with Crippen molar-refractivity contribution in [3.8, 4) is 17.2 Å². The van der Waals surface area contributed by atoms with Gasteiger partial charge in [0.25, 0.3) is 5.91 Å². The van der Waals surface area contributed by atoms with E-state index in [1.165, 1.54) is 0 Å². The average Bonchev–Trinajstić information content (AvgIpc) is 2.73. The van der Waals surface area contributed by atoms with Gasteiger partial charge in [0.05, 0.1) is 5.56 Å². The summed E-state index contributed by atoms with van der Waals surface area (Å²) in [5, 5.41) is 13.3. The molecule has 0 aliphatic rings. The first-order chi connectivity index (χ1) is 16.6. The number of carbonyl (C=O) groups is 1. The standard InChI is InChI=1S/C21H11F9N2O4/c22-17-14(19(23,24)20(25,26)27)7-8-15(16(17)18(33)31-11-2-1-9-32(34)10-11)35-12-3-5-13(6-4-12)36-21(28,29)30/h1-10H,(H,31,33). The molecule has 1 aromatic heterocycles. The van der Waals surface area contributed by atoms with Gasteiger partial charge in [-0.3, -0.25) is 4.79 Å². The predicted molar refractivity (Wildman–Crippen MR) is 103 cm³/mol. The number of anilines is 1. The molecule has 1 N–H and O–H groups in total. The third-order valence-corrected chi connectivity index (χ3v) is 4.34. The number of halogens is 9. The third-order valence-electron chi connectivity index (χ3n) is 4.34. The number of nitrogens with zero attached hydrogens (tertiary/aromatic N) is 1. The van der Waals surface area contributed by atoms with E-state index < -0.39 is 52.8 Å². The highest BCUT2D eigenvalue weighted by atomic mass is 19.4. The Morgan fingerprint density at radius 2 is 1.50 bits per heavy atom. The minimum Gasteiger partial charge on any atom is -0.619 e. The summed E-state index contributed by atoms with van der Waals surface area (Å²) >= 11 is 0. The van der Waals surface area contributed by atoms with Crippen LogP contribution in [0, 0.1) is 11.0 Å². The first-order valence-corrected chi connectivity index (χ1v) is 9.40. The maximum Gasteiger partial charge on any atom is 0.573 e. The molecule has 3 rings (SSSR count). The van der Waals surface area contributed by atoms with Crippen LogP contribution in [0.3, 0.4) is 0 Å². The van der Waals surface area contributed by atoms with Gasteiger partial charge in [0.2, 0.25) is 6.20 Å². The van der Waals surface area contributed by atoms with E-state index in [1.54, 1.807) is 0 Å². The van der Waals surface area contributed by atoms with E-state index in [9.17, 15) is 45.1 Å². The number of pyridine rings is 1. The second-order valence-corrected chi connectivity index (χ2v) is 6.90. The summed E-state index contributed by atoms with van der Waals surface area (Å²) in [4.78, 5) is 12.7. The lowest BCUT2D eigenvalue weighted by atomic mass is 10.0. The zero-order chi connectivity index (χ0) is 26.9. The van der Waals surface area contributed by atoms with Gasteiger partial charge in [0.1, 0.15) is 34.3 Å². The molecular formula is C21H11F9N2O4. The topological polar surface area (TPSA) is 74.5 Å². The molecule has 0 atom stereocenters. The maximum absolute atomic E-state index is 15.0. The van der Waals surface area contributed by atoms with E-state index in [2.05, 4.69) is 4.74 Å². The molecule has 2 aromatic carbocycles. The number of nitrogens with one attached hydrogen (secondary N) is 1. The maximum atomic E-state index is 15.0. The van der Waals surface area contributed by atoms with E-state index in [0.717, 1.165) is 48.8 Å². The zero-order valence-corrected chi connectivity index (χ0v) is 17.3. The second-order valence-electron chi connectivity index (χ2n) is 6.90. The van der Waals surface area contributed by atoms with Crippen LogP contribution < -0.4 is 19.5 Å². The number of amides is 1. The van der Waals surface area contributed by atoms with Crippen molar-refractivity contribution in [3.63, 3.8) is 0 Å². The summed E-state index contributed by atoms with van der Waals surface area (Å²) in [6, 6.07) is 6.06. The molecule has 0 unspecified atom stereocenters. The number of hydrogen-bond donors (Lipinski definition) is 1. The zero-order valence-electron chi connectivity index (χ0n) is 17.3. The van der Waals surface area contributed by atoms with Crippen molar-refractivity contribution in [2.75, 3.05) is 5.32 Å². The smallest absolute Gasteiger partial charge is 0.573 e. The number of aromatic nitrogens is 1. The Labute approximate surface area is 195 Å². The predicted octanol–water partition coefficient (Wildman–Crippen LogP) is 6.06. The summed E-state index contributed by atoms with van der Waals surface area (Å²) in [6.45, 7) is 0. The Morgan fingerprint density at radius 3 is 2.06 bits per heavy atom. The lowest BCUT2D eigenvalue weighted by Gasteiger charge is -2.22. The number of rotatable bonds is 6. The molecule has 6 nitrogen and oxygen atoms in total. The molecule has 36 heavy (non-hydrogen) atoms. The summed E-state index contributed by atoms with van der Waals surface area (Å²) in [5.74, 6) is -11.5. The highest BCUT2D eigenvalue weighted by Gasteiger charge is 2.60. The Kier molecular flexibility index (Phi) is 6.95. The fourth-order valence-electron chi connectivity index (χ4n) is 2.81. The van der Waals surface area contributed by atoms with Gasteiger partial charge in [0.15, 0.2) is 6.20 Å². The van der Waals surface area contributed by atoms with Gasteiger partial charge in [-0.05, 0) is 42.5 Å². The average molecular weight is 526 g/mol. The molecule has 0 fully saturated rings. The molecule has 1 heterocycles. The van der Waals surface area contributed by atoms with Gasteiger partial charge in [0, 0.05) is 6.07 Å². The third kappa shape index (κ3) is 5.90. The molecule has 0 radical (unpaired) electrons. The highest BCUT2D eigenvalue weighted by molar-refractivity contribution is 6.06. The van der Waals surface area contributed by atoms with Crippen molar-refractivity contribution >= 4 is 11.6 Å². The van der Waals surface area contributed by atoms with E-state index >= 15 is 4.39 Å². The normalized spacial score (nSPS) is 12.2. The summed E-state index contributed by atoms with van der Waals surface area (Å²) in [6.07, 6.45) is -9.45. The molecule has 0 aliphatic heterocycles. The lowest BCUT2D eigenvalue weighted by molar-refractivity contribution is -0.604. The molecule has 192 valence electrons. The minimum atomic E-state index is -6.22. The summed E-state index contributed by atoms with van der Waals surface area (Å²) in [5.41, 5.74) is -3.86. The Morgan fingerprint density at radius 1 is 0.889 bits per heavy atom. The van der Waals surface area contributed by atoms with Crippen molar-refractivity contribution in [1.29, 1.82) is 0 Å². The lowest BCUT2D eigenvalue weighted by Crippen LogP contribution is -2.35. The summed E-state index contributed by atoms with van der Waals surface area (Å²) in [7, 11) is 0. The van der Waals surface area contributed by atoms with Crippen LogP contribution in [-0.4, -0.2) is 18.4 Å². The minimum absolute atomic E-state index is 0.0458. The van der Waals surface area contributed by atoms with Crippen molar-refractivity contribution in [2.45, 2.75) is 18.5 Å². The monoisotopic (exact) mass is 526 g/mol. The Balaban J connectivity index is 2.04. The molecule has 0 aliphatic carbocycles. The highest BCUT2D eigenvalue weighted by Crippen LogP contribution is 2.46.